The molecule has 2 aromatic heterocycles. The van der Waals surface area contributed by atoms with Crippen LogP contribution in [0.2, 0.25) is 5.15 Å². The molecule has 4 nitrogen and oxygen atoms in total. The van der Waals surface area contributed by atoms with Crippen LogP contribution >= 0.6 is 11.6 Å². The summed E-state index contributed by atoms with van der Waals surface area (Å²) in [4.78, 5) is 8.44. The number of hydrogen-bond acceptors (Lipinski definition) is 3. The van der Waals surface area contributed by atoms with E-state index in [1.807, 2.05) is 0 Å². The topological polar surface area (TPSA) is 39.4 Å². The number of hydrogen-bond donors (Lipinski definition) is 0. The van der Waals surface area contributed by atoms with Gasteiger partial charge >= 0.3 is 12.8 Å². The zero-order valence-corrected chi connectivity index (χ0v) is 14.9. The molecule has 0 aliphatic heterocycles. The van der Waals surface area contributed by atoms with E-state index in [1.54, 1.807) is 12.3 Å². The minimum absolute atomic E-state index is 0.101. The van der Waals surface area contributed by atoms with E-state index in [2.05, 4.69) is 14.7 Å². The van der Waals surface area contributed by atoms with Gasteiger partial charge in [-0.3, -0.25) is 4.99 Å². The van der Waals surface area contributed by atoms with Crippen molar-refractivity contribution in [2.24, 2.45) is 12.0 Å². The van der Waals surface area contributed by atoms with Gasteiger partial charge in [-0.15, -0.1) is 0 Å². The lowest BCUT2D eigenvalue weighted by Gasteiger charge is -2.22. The Kier molecular flexibility index (Phi) is 5.41. The second-order valence-electron chi connectivity index (χ2n) is 6.15. The average molecular weight is 408 g/mol. The molecule has 0 spiro atoms. The Balaban J connectivity index is 2.14. The van der Waals surface area contributed by atoms with Crippen LogP contribution in [-0.2, 0) is 19.6 Å². The highest BCUT2D eigenvalue weighted by molar-refractivity contribution is 6.29. The number of fused-ring (bicyclic) bond motifs is 1. The smallest absolute Gasteiger partial charge is 0.417 e. The zero-order valence-electron chi connectivity index (χ0n) is 14.1. The number of aryl methyl sites for hydroxylation is 2. The highest BCUT2D eigenvalue weighted by atomic mass is 35.5. The fourth-order valence-electron chi connectivity index (χ4n) is 3.10. The van der Waals surface area contributed by atoms with Crippen LogP contribution in [0.1, 0.15) is 35.6 Å². The van der Waals surface area contributed by atoms with E-state index in [4.69, 9.17) is 11.6 Å². The summed E-state index contributed by atoms with van der Waals surface area (Å²) >= 11 is 5.90. The first-order valence-electron chi connectivity index (χ1n) is 8.06. The molecule has 10 heteroatoms. The molecule has 0 fully saturated rings. The Morgan fingerprint density at radius 2 is 2.07 bits per heavy atom. The van der Waals surface area contributed by atoms with Crippen molar-refractivity contribution in [3.05, 3.63) is 51.9 Å². The van der Waals surface area contributed by atoms with Crippen molar-refractivity contribution in [3.63, 3.8) is 0 Å². The highest BCUT2D eigenvalue weighted by Gasteiger charge is 2.32. The van der Waals surface area contributed by atoms with Crippen LogP contribution in [0.25, 0.3) is 0 Å². The summed E-state index contributed by atoms with van der Waals surface area (Å²) in [5, 5.41) is 0.330. The molecule has 2 aromatic rings. The molecule has 1 atom stereocenters. The molecule has 3 rings (SSSR count). The van der Waals surface area contributed by atoms with Crippen LogP contribution in [0.15, 0.2) is 29.5 Å². The maximum Gasteiger partial charge on any atom is 0.417 e. The van der Waals surface area contributed by atoms with Gasteiger partial charge in [0.1, 0.15) is 5.15 Å². The fraction of sp³-hybridized carbons (Fsp3) is 0.412. The number of aromatic nitrogens is 2. The van der Waals surface area contributed by atoms with Crippen LogP contribution < -0.4 is 10.2 Å². The molecule has 1 aliphatic carbocycles. The zero-order chi connectivity index (χ0) is 19.8. The quantitative estimate of drug-likeness (QED) is 0.548. The third-order valence-corrected chi connectivity index (χ3v) is 4.48. The summed E-state index contributed by atoms with van der Waals surface area (Å²) in [7, 11) is 1.30. The minimum atomic E-state index is -4.70. The third kappa shape index (κ3) is 4.40. The van der Waals surface area contributed by atoms with Gasteiger partial charge < -0.3 is 9.30 Å². The molecule has 1 aliphatic rings. The first kappa shape index (κ1) is 19.6. The highest BCUT2D eigenvalue weighted by Crippen LogP contribution is 2.34. The molecule has 1 unspecified atom stereocenters. The van der Waals surface area contributed by atoms with Crippen LogP contribution in [0.3, 0.4) is 0 Å². The molecule has 0 bridgehead atoms. The predicted molar refractivity (Wildman–Crippen MR) is 87.5 cm³/mol. The number of alkyl halides is 5. The standard InChI is InChI=1S/C17H15ClF5N3O/c1-26-8-10(17(21,22)23)6-13(27-16(19)20)15(26)25-12-4-2-3-9-5-14(18)24-7-11(9)12/h5-8,12,16H,2-4H2,1H3/b25-15-. The van der Waals surface area contributed by atoms with Gasteiger partial charge in [0.25, 0.3) is 0 Å². The van der Waals surface area contributed by atoms with E-state index in [9.17, 15) is 22.0 Å². The lowest BCUT2D eigenvalue weighted by atomic mass is 9.89. The Morgan fingerprint density at radius 3 is 2.74 bits per heavy atom. The number of halogens is 6. The van der Waals surface area contributed by atoms with E-state index >= 15 is 0 Å². The second-order valence-corrected chi connectivity index (χ2v) is 6.53. The Labute approximate surface area is 156 Å². The molecule has 2 heterocycles. The molecular formula is C17H15ClF5N3O. The molecule has 0 saturated carbocycles. The fourth-order valence-corrected chi connectivity index (χ4v) is 3.28. The van der Waals surface area contributed by atoms with Crippen molar-refractivity contribution in [2.75, 3.05) is 0 Å². The lowest BCUT2D eigenvalue weighted by molar-refractivity contribution is -0.138. The van der Waals surface area contributed by atoms with Crippen molar-refractivity contribution in [2.45, 2.75) is 38.1 Å². The van der Waals surface area contributed by atoms with Gasteiger partial charge in [-0.1, -0.05) is 11.6 Å². The Hall–Kier alpha value is -2.16. The molecule has 0 saturated heterocycles. The molecule has 0 amide bonds. The van der Waals surface area contributed by atoms with Crippen molar-refractivity contribution in [1.29, 1.82) is 0 Å². The van der Waals surface area contributed by atoms with E-state index in [1.165, 1.54) is 7.05 Å². The first-order chi connectivity index (χ1) is 12.6. The normalized spacial score (nSPS) is 17.9. The van der Waals surface area contributed by atoms with Crippen molar-refractivity contribution in [1.82, 2.24) is 9.55 Å². The molecule has 0 N–H and O–H groups in total. The van der Waals surface area contributed by atoms with E-state index in [0.29, 0.717) is 17.6 Å². The van der Waals surface area contributed by atoms with Crippen molar-refractivity contribution in [3.8, 4) is 5.75 Å². The molecule has 146 valence electrons. The maximum atomic E-state index is 13.0. The lowest BCUT2D eigenvalue weighted by Crippen LogP contribution is -2.26. The van der Waals surface area contributed by atoms with Gasteiger partial charge in [0.2, 0.25) is 0 Å². The Bertz CT molecular complexity index is 910. The van der Waals surface area contributed by atoms with Crippen LogP contribution in [0, 0.1) is 0 Å². The summed E-state index contributed by atoms with van der Waals surface area (Å²) in [5.41, 5.74) is 0.502. The summed E-state index contributed by atoms with van der Waals surface area (Å²) < 4.78 is 69.9. The van der Waals surface area contributed by atoms with Gasteiger partial charge in [-0.25, -0.2) is 4.98 Å². The van der Waals surface area contributed by atoms with Gasteiger partial charge in [-0.2, -0.15) is 22.0 Å². The summed E-state index contributed by atoms with van der Waals surface area (Å²) in [6, 6.07) is 1.80. The Morgan fingerprint density at radius 1 is 1.33 bits per heavy atom. The molecule has 27 heavy (non-hydrogen) atoms. The van der Waals surface area contributed by atoms with Crippen LogP contribution in [-0.4, -0.2) is 16.2 Å². The second kappa shape index (κ2) is 7.46. The van der Waals surface area contributed by atoms with Gasteiger partial charge in [-0.05, 0) is 42.5 Å². The van der Waals surface area contributed by atoms with E-state index in [0.717, 1.165) is 34.7 Å². The third-order valence-electron chi connectivity index (χ3n) is 4.27. The maximum absolute atomic E-state index is 13.0. The molecule has 0 radical (unpaired) electrons. The number of pyridine rings is 2. The van der Waals surface area contributed by atoms with Crippen LogP contribution in [0.4, 0.5) is 22.0 Å². The summed E-state index contributed by atoms with van der Waals surface area (Å²) in [6.07, 6.45) is -0.205. The van der Waals surface area contributed by atoms with Crippen molar-refractivity contribution < 1.29 is 26.7 Å². The average Bonchev–Trinajstić information content (AvgIpc) is 2.56. The largest absolute Gasteiger partial charge is 0.431 e. The SMILES string of the molecule is Cn1cc(C(F)(F)F)cc(OC(F)F)/c1=N/C1CCCc2cc(Cl)ncc21. The summed E-state index contributed by atoms with van der Waals surface area (Å²) in [6.45, 7) is -3.28. The minimum Gasteiger partial charge on any atom is -0.431 e. The molecular weight excluding hydrogens is 393 g/mol. The number of ether oxygens (including phenoxy) is 1. The number of nitrogens with zero attached hydrogens (tertiary/aromatic N) is 3. The van der Waals surface area contributed by atoms with Crippen molar-refractivity contribution >= 4 is 11.6 Å². The monoisotopic (exact) mass is 407 g/mol. The van der Waals surface area contributed by atoms with Gasteiger partial charge in [0, 0.05) is 19.4 Å². The van der Waals surface area contributed by atoms with Gasteiger partial charge in [0.05, 0.1) is 11.6 Å². The van der Waals surface area contributed by atoms with E-state index in [-0.39, 0.29) is 5.49 Å². The predicted octanol–water partition coefficient (Wildman–Crippen LogP) is 4.67. The van der Waals surface area contributed by atoms with E-state index < -0.39 is 30.1 Å². The van der Waals surface area contributed by atoms with Gasteiger partial charge in [0.15, 0.2) is 11.2 Å². The first-order valence-corrected chi connectivity index (χ1v) is 8.44. The number of rotatable bonds is 3. The summed E-state index contributed by atoms with van der Waals surface area (Å²) in [5.74, 6) is -0.628. The van der Waals surface area contributed by atoms with Crippen LogP contribution in [0.5, 0.6) is 5.75 Å². The molecule has 0 aromatic carbocycles.